The van der Waals surface area contributed by atoms with Gasteiger partial charge < -0.3 is 16.8 Å². The van der Waals surface area contributed by atoms with Gasteiger partial charge in [-0.3, -0.25) is 4.79 Å². The smallest absolute Gasteiger partial charge is 0.254 e. The summed E-state index contributed by atoms with van der Waals surface area (Å²) in [6, 6.07) is 9.03. The van der Waals surface area contributed by atoms with E-state index in [2.05, 4.69) is 25.4 Å². The Balaban J connectivity index is 1.93. The third-order valence-electron chi connectivity index (χ3n) is 2.98. The Morgan fingerprint density at radius 1 is 1.13 bits per heavy atom. The Morgan fingerprint density at radius 3 is 2.48 bits per heavy atom. The van der Waals surface area contributed by atoms with Crippen LogP contribution < -0.4 is 16.8 Å². The molecule has 0 atom stereocenters. The molecule has 0 aliphatic heterocycles. The van der Waals surface area contributed by atoms with Crippen molar-refractivity contribution in [1.82, 2.24) is 24.7 Å². The maximum atomic E-state index is 11.0. The highest BCUT2D eigenvalue weighted by Gasteiger charge is 2.10. The SMILES string of the molecule is CC(=O)Nc1ccc(-c2ccnc(-n3nc(N)nc3N)n2)cc1. The number of anilines is 3. The lowest BCUT2D eigenvalue weighted by Gasteiger charge is -2.06. The largest absolute Gasteiger partial charge is 0.368 e. The number of hydrogen-bond donors (Lipinski definition) is 3. The molecule has 0 aliphatic carbocycles. The maximum Gasteiger partial charge on any atom is 0.254 e. The number of nitrogen functional groups attached to an aromatic ring is 2. The molecule has 116 valence electrons. The van der Waals surface area contributed by atoms with E-state index >= 15 is 0 Å². The lowest BCUT2D eigenvalue weighted by atomic mass is 10.1. The highest BCUT2D eigenvalue weighted by Crippen LogP contribution is 2.20. The second-order valence-corrected chi connectivity index (χ2v) is 4.74. The van der Waals surface area contributed by atoms with Gasteiger partial charge in [-0.05, 0) is 18.2 Å². The van der Waals surface area contributed by atoms with Crippen molar-refractivity contribution in [3.63, 3.8) is 0 Å². The van der Waals surface area contributed by atoms with Gasteiger partial charge in [0.15, 0.2) is 0 Å². The van der Waals surface area contributed by atoms with Crippen LogP contribution in [0.4, 0.5) is 17.6 Å². The minimum atomic E-state index is -0.124. The Morgan fingerprint density at radius 2 is 1.87 bits per heavy atom. The summed E-state index contributed by atoms with van der Waals surface area (Å²) in [4.78, 5) is 23.4. The molecule has 9 nitrogen and oxygen atoms in total. The molecule has 1 amide bonds. The Kier molecular flexibility index (Phi) is 3.59. The molecular formula is C14H14N8O. The van der Waals surface area contributed by atoms with Crippen LogP contribution >= 0.6 is 0 Å². The summed E-state index contributed by atoms with van der Waals surface area (Å²) in [6.07, 6.45) is 1.59. The van der Waals surface area contributed by atoms with Crippen LogP contribution in [0.25, 0.3) is 17.2 Å². The van der Waals surface area contributed by atoms with E-state index in [4.69, 9.17) is 11.5 Å². The first-order valence-corrected chi connectivity index (χ1v) is 6.72. The average molecular weight is 310 g/mol. The van der Waals surface area contributed by atoms with Crippen molar-refractivity contribution in [2.45, 2.75) is 6.92 Å². The van der Waals surface area contributed by atoms with E-state index in [1.54, 1.807) is 24.4 Å². The van der Waals surface area contributed by atoms with Gasteiger partial charge in [-0.2, -0.15) is 9.67 Å². The number of nitrogens with two attached hydrogens (primary N) is 2. The van der Waals surface area contributed by atoms with Crippen molar-refractivity contribution in [1.29, 1.82) is 0 Å². The van der Waals surface area contributed by atoms with E-state index in [1.165, 1.54) is 11.6 Å². The molecule has 1 aromatic carbocycles. The summed E-state index contributed by atoms with van der Waals surface area (Å²) in [7, 11) is 0. The van der Waals surface area contributed by atoms with Gasteiger partial charge in [-0.15, -0.1) is 5.10 Å². The third kappa shape index (κ3) is 3.07. The van der Waals surface area contributed by atoms with E-state index in [1.807, 2.05) is 12.1 Å². The molecule has 0 saturated carbocycles. The van der Waals surface area contributed by atoms with Crippen molar-refractivity contribution < 1.29 is 4.79 Å². The fourth-order valence-corrected chi connectivity index (χ4v) is 2.03. The fraction of sp³-hybridized carbons (Fsp3) is 0.0714. The van der Waals surface area contributed by atoms with Crippen LogP contribution in [0, 0.1) is 0 Å². The second kappa shape index (κ2) is 5.72. The number of nitrogens with zero attached hydrogens (tertiary/aromatic N) is 5. The highest BCUT2D eigenvalue weighted by molar-refractivity contribution is 5.88. The normalized spacial score (nSPS) is 10.5. The molecule has 0 saturated heterocycles. The predicted octanol–water partition coefficient (Wildman–Crippen LogP) is 0.847. The van der Waals surface area contributed by atoms with Crippen LogP contribution in [-0.4, -0.2) is 30.6 Å². The van der Waals surface area contributed by atoms with Crippen LogP contribution in [0.1, 0.15) is 6.92 Å². The molecule has 2 heterocycles. The molecule has 2 aromatic heterocycles. The van der Waals surface area contributed by atoms with E-state index in [9.17, 15) is 4.79 Å². The quantitative estimate of drug-likeness (QED) is 0.651. The molecule has 5 N–H and O–H groups in total. The van der Waals surface area contributed by atoms with Gasteiger partial charge in [0.1, 0.15) is 0 Å². The molecular weight excluding hydrogens is 296 g/mol. The number of hydrogen-bond acceptors (Lipinski definition) is 7. The predicted molar refractivity (Wildman–Crippen MR) is 85.5 cm³/mol. The average Bonchev–Trinajstić information content (AvgIpc) is 2.86. The number of benzene rings is 1. The standard InChI is InChI=1S/C14H14N8O/c1-8(23)18-10-4-2-9(3-5-10)11-6-7-17-14(19-11)22-13(16)20-12(15)21-22/h2-7H,1H3,(H,18,23)(H4,15,16,20,21). The van der Waals surface area contributed by atoms with Crippen LogP contribution in [-0.2, 0) is 4.79 Å². The van der Waals surface area contributed by atoms with Crippen molar-refractivity contribution in [2.75, 3.05) is 16.8 Å². The monoisotopic (exact) mass is 310 g/mol. The molecule has 0 unspecified atom stereocenters. The van der Waals surface area contributed by atoms with Crippen LogP contribution in [0.15, 0.2) is 36.5 Å². The van der Waals surface area contributed by atoms with Gasteiger partial charge >= 0.3 is 0 Å². The van der Waals surface area contributed by atoms with E-state index in [0.29, 0.717) is 11.4 Å². The molecule has 23 heavy (non-hydrogen) atoms. The van der Waals surface area contributed by atoms with E-state index in [0.717, 1.165) is 5.56 Å². The maximum absolute atomic E-state index is 11.0. The topological polar surface area (TPSA) is 138 Å². The van der Waals surface area contributed by atoms with Gasteiger partial charge in [0.2, 0.25) is 17.8 Å². The summed E-state index contributed by atoms with van der Waals surface area (Å²) in [5.41, 5.74) is 13.5. The second-order valence-electron chi connectivity index (χ2n) is 4.74. The molecule has 9 heteroatoms. The van der Waals surface area contributed by atoms with E-state index in [-0.39, 0.29) is 23.8 Å². The summed E-state index contributed by atoms with van der Waals surface area (Å²) in [6.45, 7) is 1.46. The van der Waals surface area contributed by atoms with Crippen molar-refractivity contribution in [2.24, 2.45) is 0 Å². The van der Waals surface area contributed by atoms with Gasteiger partial charge in [0, 0.05) is 24.4 Å². The van der Waals surface area contributed by atoms with Gasteiger partial charge in [0.05, 0.1) is 5.69 Å². The summed E-state index contributed by atoms with van der Waals surface area (Å²) < 4.78 is 1.27. The number of carbonyl (C=O) groups excluding carboxylic acids is 1. The molecule has 3 rings (SSSR count). The minimum Gasteiger partial charge on any atom is -0.368 e. The van der Waals surface area contributed by atoms with Crippen molar-refractivity contribution in [3.8, 4) is 17.2 Å². The lowest BCUT2D eigenvalue weighted by molar-refractivity contribution is -0.114. The van der Waals surface area contributed by atoms with Crippen molar-refractivity contribution in [3.05, 3.63) is 36.5 Å². The summed E-state index contributed by atoms with van der Waals surface area (Å²) >= 11 is 0. The third-order valence-corrected chi connectivity index (χ3v) is 2.98. The minimum absolute atomic E-state index is 0.0520. The highest BCUT2D eigenvalue weighted by atomic mass is 16.1. The number of aromatic nitrogens is 5. The number of nitrogens with one attached hydrogen (secondary N) is 1. The zero-order valence-electron chi connectivity index (χ0n) is 12.3. The molecule has 0 radical (unpaired) electrons. The number of carbonyl (C=O) groups is 1. The fourth-order valence-electron chi connectivity index (χ4n) is 2.03. The lowest BCUT2D eigenvalue weighted by Crippen LogP contribution is -2.07. The number of rotatable bonds is 3. The molecule has 0 fully saturated rings. The Hall–Kier alpha value is -3.49. The van der Waals surface area contributed by atoms with Crippen LogP contribution in [0.2, 0.25) is 0 Å². The zero-order chi connectivity index (χ0) is 16.4. The van der Waals surface area contributed by atoms with Crippen LogP contribution in [0.3, 0.4) is 0 Å². The first-order valence-electron chi connectivity index (χ1n) is 6.72. The zero-order valence-corrected chi connectivity index (χ0v) is 12.3. The van der Waals surface area contributed by atoms with Crippen molar-refractivity contribution >= 4 is 23.5 Å². The van der Waals surface area contributed by atoms with Gasteiger partial charge in [-0.25, -0.2) is 9.97 Å². The van der Waals surface area contributed by atoms with Gasteiger partial charge in [-0.1, -0.05) is 12.1 Å². The van der Waals surface area contributed by atoms with E-state index < -0.39 is 0 Å². The van der Waals surface area contributed by atoms with Crippen LogP contribution in [0.5, 0.6) is 0 Å². The first kappa shape index (κ1) is 14.4. The summed E-state index contributed by atoms with van der Waals surface area (Å²) in [5, 5.41) is 6.65. The Bertz CT molecular complexity index is 855. The summed E-state index contributed by atoms with van der Waals surface area (Å²) in [5.74, 6) is 0.313. The Labute approximate surface area is 131 Å². The number of amides is 1. The molecule has 0 spiro atoms. The molecule has 3 aromatic rings. The van der Waals surface area contributed by atoms with Gasteiger partial charge in [0.25, 0.3) is 5.95 Å². The molecule has 0 aliphatic rings. The first-order chi connectivity index (χ1) is 11.0. The molecule has 0 bridgehead atoms.